The van der Waals surface area contributed by atoms with Gasteiger partial charge in [0.2, 0.25) is 0 Å². The first kappa shape index (κ1) is 13.7. The van der Waals surface area contributed by atoms with Crippen LogP contribution in [-0.2, 0) is 6.42 Å². The van der Waals surface area contributed by atoms with Gasteiger partial charge in [-0.3, -0.25) is 14.9 Å². The lowest BCUT2D eigenvalue weighted by atomic mass is 10.0. The molecule has 0 N–H and O–H groups in total. The van der Waals surface area contributed by atoms with Crippen LogP contribution in [0.25, 0.3) is 0 Å². The number of benzene rings is 2. The van der Waals surface area contributed by atoms with Crippen molar-refractivity contribution in [2.24, 2.45) is 0 Å². The van der Waals surface area contributed by atoms with Crippen LogP contribution in [0.15, 0.2) is 48.5 Å². The van der Waals surface area contributed by atoms with Gasteiger partial charge >= 0.3 is 0 Å². The second-order valence-electron chi connectivity index (χ2n) is 4.26. The zero-order valence-corrected chi connectivity index (χ0v) is 10.9. The molecule has 0 saturated carbocycles. The Hall–Kier alpha value is -2.69. The third kappa shape index (κ3) is 3.20. The number of Topliss-reactive ketones (excluding diaryl/α,β-unsaturated/α-hetero) is 1. The number of carbonyl (C=O) groups excluding carboxylic acids is 1. The highest BCUT2D eigenvalue weighted by Gasteiger charge is 2.12. The fourth-order valence-corrected chi connectivity index (χ4v) is 1.86. The molecule has 0 atom stereocenters. The Labute approximate surface area is 116 Å². The molecule has 0 amide bonds. The van der Waals surface area contributed by atoms with Crippen molar-refractivity contribution in [2.45, 2.75) is 6.42 Å². The van der Waals surface area contributed by atoms with Gasteiger partial charge in [-0.15, -0.1) is 0 Å². The summed E-state index contributed by atoms with van der Waals surface area (Å²) in [6, 6.07) is 12.9. The maximum absolute atomic E-state index is 12.1. The van der Waals surface area contributed by atoms with Gasteiger partial charge in [0.1, 0.15) is 5.75 Å². The minimum Gasteiger partial charge on any atom is -0.497 e. The number of methoxy groups -OCH3 is 1. The number of nitro groups is 1. The summed E-state index contributed by atoms with van der Waals surface area (Å²) in [5.74, 6) is 0.510. The van der Waals surface area contributed by atoms with Crippen molar-refractivity contribution < 1.29 is 14.5 Å². The Morgan fingerprint density at radius 3 is 2.65 bits per heavy atom. The van der Waals surface area contributed by atoms with E-state index in [9.17, 15) is 14.9 Å². The van der Waals surface area contributed by atoms with E-state index in [-0.39, 0.29) is 17.9 Å². The average molecular weight is 271 g/mol. The van der Waals surface area contributed by atoms with Gasteiger partial charge in [-0.1, -0.05) is 24.3 Å². The van der Waals surface area contributed by atoms with Crippen LogP contribution in [0.3, 0.4) is 0 Å². The Morgan fingerprint density at radius 2 is 1.95 bits per heavy atom. The van der Waals surface area contributed by atoms with E-state index in [1.807, 2.05) is 6.07 Å². The molecular weight excluding hydrogens is 258 g/mol. The van der Waals surface area contributed by atoms with E-state index in [2.05, 4.69) is 0 Å². The third-order valence-corrected chi connectivity index (χ3v) is 2.88. The van der Waals surface area contributed by atoms with Crippen LogP contribution >= 0.6 is 0 Å². The van der Waals surface area contributed by atoms with Crippen LogP contribution in [0.4, 0.5) is 5.69 Å². The zero-order valence-electron chi connectivity index (χ0n) is 10.9. The number of non-ortho nitro benzene ring substituents is 1. The summed E-state index contributed by atoms with van der Waals surface area (Å²) in [6.07, 6.45) is 0.179. The standard InChI is InChI=1S/C15H13NO4/c1-20-14-7-2-4-11(8-14)9-15(17)12-5-3-6-13(10-12)16(18)19/h2-8,10H,9H2,1H3. The Morgan fingerprint density at radius 1 is 1.20 bits per heavy atom. The normalized spacial score (nSPS) is 10.1. The lowest BCUT2D eigenvalue weighted by Gasteiger charge is -2.04. The number of nitro benzene ring substituents is 1. The van der Waals surface area contributed by atoms with Crippen LogP contribution in [0.2, 0.25) is 0 Å². The molecule has 20 heavy (non-hydrogen) atoms. The molecule has 2 aromatic rings. The Balaban J connectivity index is 2.19. The molecule has 102 valence electrons. The molecule has 0 bridgehead atoms. The van der Waals surface area contributed by atoms with Crippen LogP contribution in [0.5, 0.6) is 5.75 Å². The molecule has 0 aromatic heterocycles. The number of hydrogen-bond donors (Lipinski definition) is 0. The first-order valence-corrected chi connectivity index (χ1v) is 6.01. The third-order valence-electron chi connectivity index (χ3n) is 2.88. The van der Waals surface area contributed by atoms with E-state index in [0.29, 0.717) is 11.3 Å². The van der Waals surface area contributed by atoms with E-state index < -0.39 is 4.92 Å². The second-order valence-corrected chi connectivity index (χ2v) is 4.26. The number of ketones is 1. The largest absolute Gasteiger partial charge is 0.497 e. The topological polar surface area (TPSA) is 69.4 Å². The van der Waals surface area contributed by atoms with Gasteiger partial charge in [0, 0.05) is 24.1 Å². The quantitative estimate of drug-likeness (QED) is 0.476. The first-order chi connectivity index (χ1) is 9.60. The van der Waals surface area contributed by atoms with E-state index in [4.69, 9.17) is 4.74 Å². The summed E-state index contributed by atoms with van der Waals surface area (Å²) < 4.78 is 5.09. The molecule has 0 aliphatic carbocycles. The average Bonchev–Trinajstić information content (AvgIpc) is 2.47. The maximum atomic E-state index is 12.1. The Bertz CT molecular complexity index is 652. The van der Waals surface area contributed by atoms with E-state index >= 15 is 0 Å². The van der Waals surface area contributed by atoms with Gasteiger partial charge in [0.25, 0.3) is 5.69 Å². The number of hydrogen-bond acceptors (Lipinski definition) is 4. The smallest absolute Gasteiger partial charge is 0.270 e. The summed E-state index contributed by atoms with van der Waals surface area (Å²) in [5.41, 5.74) is 1.06. The maximum Gasteiger partial charge on any atom is 0.270 e. The van der Waals surface area contributed by atoms with Crippen molar-refractivity contribution in [1.82, 2.24) is 0 Å². The summed E-state index contributed by atoms with van der Waals surface area (Å²) in [6.45, 7) is 0. The monoisotopic (exact) mass is 271 g/mol. The molecule has 0 heterocycles. The minimum atomic E-state index is -0.512. The van der Waals surface area contributed by atoms with Crippen molar-refractivity contribution in [2.75, 3.05) is 7.11 Å². The summed E-state index contributed by atoms with van der Waals surface area (Å²) in [7, 11) is 1.56. The van der Waals surface area contributed by atoms with Crippen LogP contribution in [0.1, 0.15) is 15.9 Å². The molecule has 2 rings (SSSR count). The highest BCUT2D eigenvalue weighted by atomic mass is 16.6. The molecule has 0 fully saturated rings. The summed E-state index contributed by atoms with van der Waals surface area (Å²) in [4.78, 5) is 22.3. The molecule has 0 aliphatic heterocycles. The molecule has 0 aliphatic rings. The first-order valence-electron chi connectivity index (χ1n) is 6.01. The number of carbonyl (C=O) groups is 1. The van der Waals surface area contributed by atoms with Crippen molar-refractivity contribution in [3.05, 3.63) is 69.8 Å². The highest BCUT2D eigenvalue weighted by molar-refractivity contribution is 5.98. The van der Waals surface area contributed by atoms with Gasteiger partial charge in [0.05, 0.1) is 12.0 Å². The highest BCUT2D eigenvalue weighted by Crippen LogP contribution is 2.17. The van der Waals surface area contributed by atoms with Gasteiger partial charge < -0.3 is 4.74 Å². The molecule has 0 unspecified atom stereocenters. The summed E-state index contributed by atoms with van der Waals surface area (Å²) >= 11 is 0. The van der Waals surface area contributed by atoms with Crippen molar-refractivity contribution in [3.63, 3.8) is 0 Å². The number of rotatable bonds is 5. The van der Waals surface area contributed by atoms with Crippen LogP contribution in [-0.4, -0.2) is 17.8 Å². The van der Waals surface area contributed by atoms with E-state index in [1.54, 1.807) is 31.4 Å². The van der Waals surface area contributed by atoms with E-state index in [1.165, 1.54) is 18.2 Å². The minimum absolute atomic E-state index is 0.0820. The molecule has 5 nitrogen and oxygen atoms in total. The van der Waals surface area contributed by atoms with Crippen molar-refractivity contribution in [3.8, 4) is 5.75 Å². The molecule has 2 aromatic carbocycles. The zero-order chi connectivity index (χ0) is 14.5. The van der Waals surface area contributed by atoms with E-state index in [0.717, 1.165) is 5.56 Å². The van der Waals surface area contributed by atoms with Crippen LogP contribution < -0.4 is 4.74 Å². The molecule has 0 spiro atoms. The molecule has 5 heteroatoms. The van der Waals surface area contributed by atoms with Gasteiger partial charge in [-0.25, -0.2) is 0 Å². The molecule has 0 saturated heterocycles. The fraction of sp³-hybridized carbons (Fsp3) is 0.133. The number of nitrogens with zero attached hydrogens (tertiary/aromatic N) is 1. The Kier molecular flexibility index (Phi) is 4.10. The second kappa shape index (κ2) is 5.97. The van der Waals surface area contributed by atoms with Gasteiger partial charge in [-0.05, 0) is 17.7 Å². The lowest BCUT2D eigenvalue weighted by molar-refractivity contribution is -0.384. The van der Waals surface area contributed by atoms with Crippen molar-refractivity contribution >= 4 is 11.5 Å². The van der Waals surface area contributed by atoms with Crippen molar-refractivity contribution in [1.29, 1.82) is 0 Å². The SMILES string of the molecule is COc1cccc(CC(=O)c2cccc([N+](=O)[O-])c2)c1. The van der Waals surface area contributed by atoms with Gasteiger partial charge in [0.15, 0.2) is 5.78 Å². The molecule has 0 radical (unpaired) electrons. The summed E-state index contributed by atoms with van der Waals surface area (Å²) in [5, 5.41) is 10.7. The van der Waals surface area contributed by atoms with Crippen LogP contribution in [0, 0.1) is 10.1 Å². The molecular formula is C15H13NO4. The lowest BCUT2D eigenvalue weighted by Crippen LogP contribution is -2.04. The number of ether oxygens (including phenoxy) is 1. The predicted molar refractivity (Wildman–Crippen MR) is 74.1 cm³/mol. The predicted octanol–water partition coefficient (Wildman–Crippen LogP) is 3.03. The fourth-order valence-electron chi connectivity index (χ4n) is 1.86. The van der Waals surface area contributed by atoms with Gasteiger partial charge in [-0.2, -0.15) is 0 Å².